The van der Waals surface area contributed by atoms with E-state index >= 15 is 0 Å². The topological polar surface area (TPSA) is 34.1 Å². The first kappa shape index (κ1) is 10.5. The lowest BCUT2D eigenvalue weighted by atomic mass is 10.4. The Morgan fingerprint density at radius 2 is 2.38 bits per heavy atom. The van der Waals surface area contributed by atoms with Crippen LogP contribution in [0, 0.1) is 6.92 Å². The van der Waals surface area contributed by atoms with Crippen molar-refractivity contribution in [1.82, 2.24) is 10.3 Å². The predicted molar refractivity (Wildman–Crippen MR) is 55.5 cm³/mol. The molecule has 1 heterocycles. The van der Waals surface area contributed by atoms with Crippen LogP contribution in [0.2, 0.25) is 0 Å². The number of nitrogens with zero attached hydrogens (tertiary/aromatic N) is 1. The summed E-state index contributed by atoms with van der Waals surface area (Å²) in [4.78, 5) is 4.20. The molecular formula is C9H16N2OS. The highest BCUT2D eigenvalue weighted by Crippen LogP contribution is 2.16. The van der Waals surface area contributed by atoms with E-state index < -0.39 is 0 Å². The van der Waals surface area contributed by atoms with E-state index in [4.69, 9.17) is 4.74 Å². The van der Waals surface area contributed by atoms with Gasteiger partial charge in [-0.05, 0) is 6.92 Å². The zero-order valence-electron chi connectivity index (χ0n) is 8.33. The molecule has 0 bridgehead atoms. The van der Waals surface area contributed by atoms with Gasteiger partial charge in [-0.15, -0.1) is 0 Å². The number of rotatable bonds is 5. The smallest absolute Gasteiger partial charge is 0.273 e. The normalized spacial score (nSPS) is 10.8. The van der Waals surface area contributed by atoms with Crippen LogP contribution < -0.4 is 10.1 Å². The Hall–Kier alpha value is -0.610. The summed E-state index contributed by atoms with van der Waals surface area (Å²) >= 11 is 1.55. The lowest BCUT2D eigenvalue weighted by Gasteiger charge is -2.07. The van der Waals surface area contributed by atoms with Crippen molar-refractivity contribution >= 4 is 11.3 Å². The summed E-state index contributed by atoms with van der Waals surface area (Å²) in [7, 11) is 0. The third-order valence-electron chi connectivity index (χ3n) is 1.48. The maximum absolute atomic E-state index is 5.42. The van der Waals surface area contributed by atoms with Crippen LogP contribution in [0.25, 0.3) is 0 Å². The Bertz CT molecular complexity index is 248. The van der Waals surface area contributed by atoms with Gasteiger partial charge in [-0.1, -0.05) is 25.2 Å². The zero-order chi connectivity index (χ0) is 9.68. The van der Waals surface area contributed by atoms with Crippen LogP contribution in [0.5, 0.6) is 5.19 Å². The van der Waals surface area contributed by atoms with E-state index in [1.807, 2.05) is 12.3 Å². The van der Waals surface area contributed by atoms with Gasteiger partial charge >= 0.3 is 0 Å². The minimum Gasteiger partial charge on any atom is -0.469 e. The maximum Gasteiger partial charge on any atom is 0.273 e. The van der Waals surface area contributed by atoms with Crippen LogP contribution in [0.4, 0.5) is 0 Å². The van der Waals surface area contributed by atoms with Crippen molar-refractivity contribution in [3.05, 3.63) is 11.1 Å². The standard InChI is InChI=1S/C9H16N2OS/c1-7(2)10-4-5-12-9-11-8(3)6-13-9/h6-7,10H,4-5H2,1-3H3. The van der Waals surface area contributed by atoms with Gasteiger partial charge in [0, 0.05) is 18.0 Å². The molecule has 0 unspecified atom stereocenters. The molecule has 0 aliphatic heterocycles. The molecule has 0 saturated carbocycles. The summed E-state index contributed by atoms with van der Waals surface area (Å²) in [6.07, 6.45) is 0. The lowest BCUT2D eigenvalue weighted by Crippen LogP contribution is -2.27. The summed E-state index contributed by atoms with van der Waals surface area (Å²) < 4.78 is 5.42. The van der Waals surface area contributed by atoms with E-state index in [1.165, 1.54) is 0 Å². The quantitative estimate of drug-likeness (QED) is 0.736. The van der Waals surface area contributed by atoms with Gasteiger partial charge in [-0.2, -0.15) is 0 Å². The van der Waals surface area contributed by atoms with Crippen LogP contribution in [0.3, 0.4) is 0 Å². The second-order valence-electron chi connectivity index (χ2n) is 3.21. The highest BCUT2D eigenvalue weighted by Gasteiger charge is 1.98. The third kappa shape index (κ3) is 4.24. The van der Waals surface area contributed by atoms with Crippen LogP contribution in [-0.4, -0.2) is 24.2 Å². The van der Waals surface area contributed by atoms with E-state index in [-0.39, 0.29) is 0 Å². The highest BCUT2D eigenvalue weighted by molar-refractivity contribution is 7.11. The molecule has 0 saturated heterocycles. The third-order valence-corrected chi connectivity index (χ3v) is 2.35. The van der Waals surface area contributed by atoms with Crippen molar-refractivity contribution in [3.63, 3.8) is 0 Å². The predicted octanol–water partition coefficient (Wildman–Crippen LogP) is 1.83. The van der Waals surface area contributed by atoms with Gasteiger partial charge in [0.1, 0.15) is 6.61 Å². The number of thiazole rings is 1. The van der Waals surface area contributed by atoms with Crippen LogP contribution in [0.15, 0.2) is 5.38 Å². The van der Waals surface area contributed by atoms with Crippen LogP contribution in [0.1, 0.15) is 19.5 Å². The van der Waals surface area contributed by atoms with Gasteiger partial charge in [0.25, 0.3) is 5.19 Å². The molecule has 74 valence electrons. The monoisotopic (exact) mass is 200 g/mol. The summed E-state index contributed by atoms with van der Waals surface area (Å²) in [5, 5.41) is 6.03. The minimum atomic E-state index is 0.515. The molecular weight excluding hydrogens is 184 g/mol. The van der Waals surface area contributed by atoms with Crippen molar-refractivity contribution < 1.29 is 4.74 Å². The summed E-state index contributed by atoms with van der Waals surface area (Å²) in [5.41, 5.74) is 1.02. The molecule has 13 heavy (non-hydrogen) atoms. The van der Waals surface area contributed by atoms with Gasteiger partial charge < -0.3 is 10.1 Å². The fraction of sp³-hybridized carbons (Fsp3) is 0.667. The van der Waals surface area contributed by atoms with Gasteiger partial charge in [-0.25, -0.2) is 4.98 Å². The molecule has 1 N–H and O–H groups in total. The second kappa shape index (κ2) is 5.19. The molecule has 3 nitrogen and oxygen atoms in total. The van der Waals surface area contributed by atoms with Crippen molar-refractivity contribution in [2.75, 3.05) is 13.2 Å². The first-order chi connectivity index (χ1) is 6.18. The highest BCUT2D eigenvalue weighted by atomic mass is 32.1. The molecule has 0 amide bonds. The molecule has 4 heteroatoms. The zero-order valence-corrected chi connectivity index (χ0v) is 9.15. The Labute approximate surface area is 83.1 Å². The van der Waals surface area contributed by atoms with Gasteiger partial charge in [0.2, 0.25) is 0 Å². The average molecular weight is 200 g/mol. The SMILES string of the molecule is Cc1csc(OCCNC(C)C)n1. The number of aromatic nitrogens is 1. The maximum atomic E-state index is 5.42. The number of ether oxygens (including phenoxy) is 1. The fourth-order valence-corrected chi connectivity index (χ4v) is 1.56. The molecule has 0 aromatic carbocycles. The molecule has 1 aromatic rings. The van der Waals surface area contributed by atoms with Crippen molar-refractivity contribution in [2.24, 2.45) is 0 Å². The van der Waals surface area contributed by atoms with E-state index in [0.717, 1.165) is 17.4 Å². The minimum absolute atomic E-state index is 0.515. The number of hydrogen-bond donors (Lipinski definition) is 1. The molecule has 0 fully saturated rings. The first-order valence-electron chi connectivity index (χ1n) is 4.47. The average Bonchev–Trinajstić information content (AvgIpc) is 2.45. The molecule has 0 aliphatic carbocycles. The van der Waals surface area contributed by atoms with Gasteiger partial charge in [-0.3, -0.25) is 0 Å². The van der Waals surface area contributed by atoms with Crippen LogP contribution in [-0.2, 0) is 0 Å². The lowest BCUT2D eigenvalue weighted by molar-refractivity contribution is 0.307. The summed E-state index contributed by atoms with van der Waals surface area (Å²) in [5.74, 6) is 0. The molecule has 0 spiro atoms. The van der Waals surface area contributed by atoms with E-state index in [2.05, 4.69) is 24.1 Å². The Kier molecular flexibility index (Phi) is 4.18. The molecule has 0 radical (unpaired) electrons. The van der Waals surface area contributed by atoms with Gasteiger partial charge in [0.05, 0.1) is 5.69 Å². The molecule has 0 atom stereocenters. The first-order valence-corrected chi connectivity index (χ1v) is 5.35. The van der Waals surface area contributed by atoms with E-state index in [9.17, 15) is 0 Å². The Morgan fingerprint density at radius 1 is 1.62 bits per heavy atom. The summed E-state index contributed by atoms with van der Waals surface area (Å²) in [6, 6.07) is 0.515. The number of nitrogens with one attached hydrogen (secondary N) is 1. The van der Waals surface area contributed by atoms with E-state index in [0.29, 0.717) is 12.6 Å². The number of aryl methyl sites for hydroxylation is 1. The molecule has 1 aromatic heterocycles. The van der Waals surface area contributed by atoms with Gasteiger partial charge in [0.15, 0.2) is 0 Å². The number of hydrogen-bond acceptors (Lipinski definition) is 4. The molecule has 0 aliphatic rings. The molecule has 1 rings (SSSR count). The Balaban J connectivity index is 2.13. The largest absolute Gasteiger partial charge is 0.469 e. The van der Waals surface area contributed by atoms with E-state index in [1.54, 1.807) is 11.3 Å². The van der Waals surface area contributed by atoms with Crippen LogP contribution >= 0.6 is 11.3 Å². The second-order valence-corrected chi connectivity index (χ2v) is 4.03. The van der Waals surface area contributed by atoms with Crippen molar-refractivity contribution in [2.45, 2.75) is 26.8 Å². The fourth-order valence-electron chi connectivity index (χ4n) is 0.885. The van der Waals surface area contributed by atoms with Crippen molar-refractivity contribution in [1.29, 1.82) is 0 Å². The van der Waals surface area contributed by atoms with Crippen molar-refractivity contribution in [3.8, 4) is 5.19 Å². The summed E-state index contributed by atoms with van der Waals surface area (Å²) in [6.45, 7) is 7.76. The Morgan fingerprint density at radius 3 is 2.92 bits per heavy atom.